The first-order valence-corrected chi connectivity index (χ1v) is 6.81. The molecule has 0 aliphatic carbocycles. The molecule has 0 spiro atoms. The molecule has 0 saturated carbocycles. The van der Waals surface area contributed by atoms with Gasteiger partial charge in [0.1, 0.15) is 6.42 Å². The van der Waals surface area contributed by atoms with Crippen molar-refractivity contribution in [2.75, 3.05) is 31.2 Å². The second-order valence-corrected chi connectivity index (χ2v) is 4.88. The average molecular weight is 341 g/mol. The smallest absolute Gasteiger partial charge is 0.254 e. The minimum atomic E-state index is -0.456. The zero-order valence-corrected chi connectivity index (χ0v) is 12.2. The molecule has 1 N–H and O–H groups in total. The molecular formula is C12H13BrN4O3. The van der Waals surface area contributed by atoms with Crippen molar-refractivity contribution >= 4 is 33.9 Å². The Morgan fingerprint density at radius 2 is 2.35 bits per heavy atom. The molecule has 7 nitrogen and oxygen atoms in total. The molecule has 1 amide bonds. The standard InChI is InChI=1S/C12H13BrN4O3/c13-10-7-9(8-15-16-11(18)1-2-14)20-12(10)17-3-5-19-6-4-17/h7-8H,1,3-6H2,(H,16,18)/b15-8-. The topological polar surface area (TPSA) is 90.9 Å². The molecule has 106 valence electrons. The van der Waals surface area contributed by atoms with Crippen LogP contribution in [0.1, 0.15) is 12.2 Å². The molecule has 2 rings (SSSR count). The number of furan rings is 1. The van der Waals surface area contributed by atoms with Crippen LogP contribution in [0.25, 0.3) is 0 Å². The minimum Gasteiger partial charge on any atom is -0.438 e. The lowest BCUT2D eigenvalue weighted by molar-refractivity contribution is -0.120. The number of carbonyl (C=O) groups excluding carboxylic acids is 1. The summed E-state index contributed by atoms with van der Waals surface area (Å²) in [6, 6.07) is 3.51. The lowest BCUT2D eigenvalue weighted by Gasteiger charge is -2.26. The van der Waals surface area contributed by atoms with Crippen LogP contribution in [0.4, 0.5) is 5.88 Å². The van der Waals surface area contributed by atoms with Crippen molar-refractivity contribution in [1.82, 2.24) is 5.43 Å². The average Bonchev–Trinajstić information content (AvgIpc) is 2.81. The van der Waals surface area contributed by atoms with Gasteiger partial charge in [0, 0.05) is 19.2 Å². The van der Waals surface area contributed by atoms with Crippen LogP contribution in [0.15, 0.2) is 20.1 Å². The number of carbonyl (C=O) groups is 1. The third-order valence-electron chi connectivity index (χ3n) is 2.61. The number of nitrogens with one attached hydrogen (secondary N) is 1. The van der Waals surface area contributed by atoms with E-state index in [1.54, 1.807) is 12.1 Å². The first kappa shape index (κ1) is 14.6. The van der Waals surface area contributed by atoms with Gasteiger partial charge in [-0.3, -0.25) is 4.79 Å². The van der Waals surface area contributed by atoms with E-state index < -0.39 is 5.91 Å². The van der Waals surface area contributed by atoms with Gasteiger partial charge in [-0.15, -0.1) is 0 Å². The molecular weight excluding hydrogens is 328 g/mol. The number of halogens is 1. The largest absolute Gasteiger partial charge is 0.438 e. The maximum Gasteiger partial charge on any atom is 0.254 e. The van der Waals surface area contributed by atoms with E-state index in [1.165, 1.54) is 6.21 Å². The Morgan fingerprint density at radius 3 is 3.05 bits per heavy atom. The van der Waals surface area contributed by atoms with E-state index in [-0.39, 0.29) is 6.42 Å². The molecule has 0 aromatic carbocycles. The van der Waals surface area contributed by atoms with Crippen molar-refractivity contribution < 1.29 is 13.9 Å². The molecule has 1 aliphatic rings. The van der Waals surface area contributed by atoms with Gasteiger partial charge in [-0.2, -0.15) is 10.4 Å². The van der Waals surface area contributed by atoms with Gasteiger partial charge >= 0.3 is 0 Å². The Morgan fingerprint density at radius 1 is 1.60 bits per heavy atom. The first-order chi connectivity index (χ1) is 9.70. The summed E-state index contributed by atoms with van der Waals surface area (Å²) in [7, 11) is 0. The van der Waals surface area contributed by atoms with Crippen molar-refractivity contribution in [2.45, 2.75) is 6.42 Å². The van der Waals surface area contributed by atoms with Crippen molar-refractivity contribution in [3.8, 4) is 6.07 Å². The molecule has 0 radical (unpaired) electrons. The highest BCUT2D eigenvalue weighted by molar-refractivity contribution is 9.10. The fourth-order valence-electron chi connectivity index (χ4n) is 1.70. The van der Waals surface area contributed by atoms with Gasteiger partial charge in [-0.1, -0.05) is 0 Å². The third kappa shape index (κ3) is 3.82. The molecule has 20 heavy (non-hydrogen) atoms. The third-order valence-corrected chi connectivity index (χ3v) is 3.17. The van der Waals surface area contributed by atoms with Crippen LogP contribution < -0.4 is 10.3 Å². The molecule has 0 unspecified atom stereocenters. The van der Waals surface area contributed by atoms with Crippen LogP contribution in [0.5, 0.6) is 0 Å². The van der Waals surface area contributed by atoms with Crippen LogP contribution in [-0.4, -0.2) is 38.4 Å². The van der Waals surface area contributed by atoms with Gasteiger partial charge in [-0.05, 0) is 15.9 Å². The molecule has 1 fully saturated rings. The van der Waals surface area contributed by atoms with E-state index in [0.717, 1.165) is 23.4 Å². The number of hydrazone groups is 1. The monoisotopic (exact) mass is 340 g/mol. The summed E-state index contributed by atoms with van der Waals surface area (Å²) in [4.78, 5) is 13.1. The fraction of sp³-hybridized carbons (Fsp3) is 0.417. The quantitative estimate of drug-likeness (QED) is 0.657. The summed E-state index contributed by atoms with van der Waals surface area (Å²) < 4.78 is 11.8. The fourth-order valence-corrected chi connectivity index (χ4v) is 2.26. The molecule has 8 heteroatoms. The first-order valence-electron chi connectivity index (χ1n) is 6.01. The predicted molar refractivity (Wildman–Crippen MR) is 75.4 cm³/mol. The zero-order valence-electron chi connectivity index (χ0n) is 10.6. The van der Waals surface area contributed by atoms with Crippen LogP contribution >= 0.6 is 15.9 Å². The normalized spacial score (nSPS) is 15.3. The van der Waals surface area contributed by atoms with Crippen molar-refractivity contribution in [1.29, 1.82) is 5.26 Å². The minimum absolute atomic E-state index is 0.224. The number of hydrogen-bond donors (Lipinski definition) is 1. The van der Waals surface area contributed by atoms with Gasteiger partial charge in [0.25, 0.3) is 5.91 Å². The molecule has 0 bridgehead atoms. The Bertz CT molecular complexity index is 543. The number of rotatable bonds is 4. The van der Waals surface area contributed by atoms with Gasteiger partial charge in [0.15, 0.2) is 5.76 Å². The maximum atomic E-state index is 11.0. The maximum absolute atomic E-state index is 11.0. The van der Waals surface area contributed by atoms with Crippen molar-refractivity contribution in [2.24, 2.45) is 5.10 Å². The summed E-state index contributed by atoms with van der Waals surface area (Å²) >= 11 is 3.43. The van der Waals surface area contributed by atoms with Gasteiger partial charge < -0.3 is 14.1 Å². The van der Waals surface area contributed by atoms with Crippen LogP contribution in [-0.2, 0) is 9.53 Å². The van der Waals surface area contributed by atoms with E-state index in [0.29, 0.717) is 19.0 Å². The number of hydrogen-bond acceptors (Lipinski definition) is 6. The molecule has 0 atom stereocenters. The number of anilines is 1. The lowest BCUT2D eigenvalue weighted by Crippen LogP contribution is -2.36. The number of nitrogens with zero attached hydrogens (tertiary/aromatic N) is 3. The van der Waals surface area contributed by atoms with E-state index in [4.69, 9.17) is 14.4 Å². The SMILES string of the molecule is N#CCC(=O)N/N=C\c1cc(Br)c(N2CCOCC2)o1. The predicted octanol–water partition coefficient (Wildman–Crippen LogP) is 1.24. The Balaban J connectivity index is 1.98. The number of ether oxygens (including phenoxy) is 1. The number of morpholine rings is 1. The summed E-state index contributed by atoms with van der Waals surface area (Å²) in [5.74, 6) is 0.775. The second kappa shape index (κ2) is 7.07. The molecule has 1 aliphatic heterocycles. The highest BCUT2D eigenvalue weighted by Crippen LogP contribution is 2.30. The summed E-state index contributed by atoms with van der Waals surface area (Å²) in [6.45, 7) is 2.87. The van der Waals surface area contributed by atoms with E-state index in [9.17, 15) is 4.79 Å². The van der Waals surface area contributed by atoms with Crippen LogP contribution in [0, 0.1) is 11.3 Å². The Labute approximate surface area is 124 Å². The second-order valence-electron chi connectivity index (χ2n) is 4.03. The highest BCUT2D eigenvalue weighted by Gasteiger charge is 2.18. The molecule has 1 aromatic heterocycles. The van der Waals surface area contributed by atoms with E-state index >= 15 is 0 Å². The van der Waals surface area contributed by atoms with Crippen molar-refractivity contribution in [3.63, 3.8) is 0 Å². The van der Waals surface area contributed by atoms with E-state index in [1.807, 2.05) is 0 Å². The van der Waals surface area contributed by atoms with Crippen LogP contribution in [0.2, 0.25) is 0 Å². The number of amides is 1. The Hall–Kier alpha value is -1.85. The Kier molecular flexibility index (Phi) is 5.15. The van der Waals surface area contributed by atoms with Crippen molar-refractivity contribution in [3.05, 3.63) is 16.3 Å². The lowest BCUT2D eigenvalue weighted by atomic mass is 10.4. The summed E-state index contributed by atoms with van der Waals surface area (Å²) in [5.41, 5.74) is 2.24. The van der Waals surface area contributed by atoms with E-state index in [2.05, 4.69) is 31.4 Å². The molecule has 1 saturated heterocycles. The van der Waals surface area contributed by atoms with Gasteiger partial charge in [0.2, 0.25) is 5.88 Å². The number of nitriles is 1. The molecule has 2 heterocycles. The van der Waals surface area contributed by atoms with Gasteiger partial charge in [-0.25, -0.2) is 5.43 Å². The molecule has 1 aromatic rings. The van der Waals surface area contributed by atoms with Crippen LogP contribution in [0.3, 0.4) is 0 Å². The van der Waals surface area contributed by atoms with Gasteiger partial charge in [0.05, 0.1) is 30.0 Å². The summed E-state index contributed by atoms with van der Waals surface area (Å²) in [6.07, 6.45) is 1.17. The highest BCUT2D eigenvalue weighted by atomic mass is 79.9. The summed E-state index contributed by atoms with van der Waals surface area (Å²) in [5, 5.41) is 12.1. The zero-order chi connectivity index (χ0) is 14.4.